The van der Waals surface area contributed by atoms with E-state index in [0.29, 0.717) is 0 Å². The smallest absolute Gasteiger partial charge is 0.117 e. The summed E-state index contributed by atoms with van der Waals surface area (Å²) < 4.78 is 1.02. The monoisotopic (exact) mass is 352 g/mol. The van der Waals surface area contributed by atoms with E-state index >= 15 is 0 Å². The van der Waals surface area contributed by atoms with Crippen LogP contribution in [0.1, 0.15) is 0 Å². The van der Waals surface area contributed by atoms with Crippen LogP contribution < -0.4 is 10.2 Å². The predicted octanol–water partition coefficient (Wildman–Crippen LogP) is 5.68. The molecule has 3 aromatic rings. The summed E-state index contributed by atoms with van der Waals surface area (Å²) in [6.45, 7) is 0. The lowest BCUT2D eigenvalue weighted by Gasteiger charge is -2.34. The minimum Gasteiger partial charge on any atom is -0.508 e. The van der Waals surface area contributed by atoms with Gasteiger partial charge in [-0.15, -0.1) is 0 Å². The minimum atomic E-state index is 0.250. The van der Waals surface area contributed by atoms with Gasteiger partial charge in [0, 0.05) is 16.2 Å². The van der Waals surface area contributed by atoms with E-state index in [2.05, 4.69) is 44.3 Å². The van der Waals surface area contributed by atoms with Crippen molar-refractivity contribution >= 4 is 44.4 Å². The highest BCUT2D eigenvalue weighted by Crippen LogP contribution is 2.49. The van der Waals surface area contributed by atoms with Crippen molar-refractivity contribution in [2.75, 3.05) is 10.2 Å². The van der Waals surface area contributed by atoms with Gasteiger partial charge in [-0.1, -0.05) is 34.1 Å². The molecule has 108 valence electrons. The van der Waals surface area contributed by atoms with Crippen LogP contribution in [0.4, 0.5) is 28.4 Å². The first kappa shape index (κ1) is 13.2. The minimum absolute atomic E-state index is 0.250. The Labute approximate surface area is 137 Å². The molecule has 0 saturated carbocycles. The number of hydrogen-bond acceptors (Lipinski definition) is 3. The molecular formula is C18H13BrN2O. The normalized spacial score (nSPS) is 12.3. The Morgan fingerprint density at radius 3 is 2.45 bits per heavy atom. The third-order valence-corrected chi connectivity index (χ3v) is 4.20. The second kappa shape index (κ2) is 5.07. The Balaban J connectivity index is 1.98. The number of halogens is 1. The summed E-state index contributed by atoms with van der Waals surface area (Å²) in [4.78, 5) is 2.19. The summed E-state index contributed by atoms with van der Waals surface area (Å²) in [6, 6.07) is 21.7. The summed E-state index contributed by atoms with van der Waals surface area (Å²) in [5.74, 6) is 0.250. The average Bonchev–Trinajstić information content (AvgIpc) is 2.53. The van der Waals surface area contributed by atoms with Crippen LogP contribution in [-0.2, 0) is 0 Å². The number of benzene rings is 3. The molecule has 22 heavy (non-hydrogen) atoms. The molecule has 0 fully saturated rings. The molecule has 0 radical (unpaired) electrons. The van der Waals surface area contributed by atoms with Gasteiger partial charge in [0.25, 0.3) is 0 Å². The van der Waals surface area contributed by atoms with Crippen molar-refractivity contribution in [1.82, 2.24) is 0 Å². The second-order valence-electron chi connectivity index (χ2n) is 5.16. The van der Waals surface area contributed by atoms with E-state index in [-0.39, 0.29) is 5.75 Å². The van der Waals surface area contributed by atoms with E-state index in [4.69, 9.17) is 0 Å². The lowest BCUT2D eigenvalue weighted by atomic mass is 10.1. The lowest BCUT2D eigenvalue weighted by molar-refractivity contribution is 0.475. The highest BCUT2D eigenvalue weighted by Gasteiger charge is 2.24. The maximum absolute atomic E-state index is 9.77. The first-order valence-corrected chi connectivity index (χ1v) is 7.76. The molecule has 1 heterocycles. The molecule has 0 saturated heterocycles. The average molecular weight is 353 g/mol. The Morgan fingerprint density at radius 2 is 1.64 bits per heavy atom. The topological polar surface area (TPSA) is 35.5 Å². The highest BCUT2D eigenvalue weighted by molar-refractivity contribution is 9.10. The van der Waals surface area contributed by atoms with Gasteiger partial charge >= 0.3 is 0 Å². The number of nitrogens with one attached hydrogen (secondary N) is 1. The van der Waals surface area contributed by atoms with E-state index in [1.807, 2.05) is 36.4 Å². The van der Waals surface area contributed by atoms with E-state index in [1.54, 1.807) is 12.1 Å². The molecule has 0 aromatic heterocycles. The molecular weight excluding hydrogens is 340 g/mol. The summed E-state index contributed by atoms with van der Waals surface area (Å²) in [5.41, 5.74) is 5.05. The zero-order valence-corrected chi connectivity index (χ0v) is 13.2. The van der Waals surface area contributed by atoms with Gasteiger partial charge < -0.3 is 15.3 Å². The number of fused-ring (bicyclic) bond motifs is 2. The number of anilines is 5. The molecule has 0 unspecified atom stereocenters. The Hall–Kier alpha value is -2.46. The Bertz CT molecular complexity index is 849. The predicted molar refractivity (Wildman–Crippen MR) is 93.8 cm³/mol. The van der Waals surface area contributed by atoms with Gasteiger partial charge in [0.05, 0.1) is 22.7 Å². The van der Waals surface area contributed by atoms with Crippen LogP contribution in [0.2, 0.25) is 0 Å². The number of hydrogen-bond donors (Lipinski definition) is 2. The fourth-order valence-electron chi connectivity index (χ4n) is 2.74. The van der Waals surface area contributed by atoms with Crippen molar-refractivity contribution in [3.63, 3.8) is 0 Å². The molecule has 0 bridgehead atoms. The van der Waals surface area contributed by atoms with E-state index in [9.17, 15) is 5.11 Å². The van der Waals surface area contributed by atoms with Crippen LogP contribution in [0.5, 0.6) is 5.75 Å². The first-order valence-electron chi connectivity index (χ1n) is 6.97. The van der Waals surface area contributed by atoms with Gasteiger partial charge in [-0.3, -0.25) is 0 Å². The van der Waals surface area contributed by atoms with Crippen molar-refractivity contribution in [1.29, 1.82) is 0 Å². The number of aromatic hydroxyl groups is 1. The summed E-state index contributed by atoms with van der Waals surface area (Å²) in [6.07, 6.45) is 0. The van der Waals surface area contributed by atoms with E-state index < -0.39 is 0 Å². The molecule has 0 aliphatic carbocycles. The van der Waals surface area contributed by atoms with E-state index in [0.717, 1.165) is 32.9 Å². The first-order chi connectivity index (χ1) is 10.7. The quantitative estimate of drug-likeness (QED) is 0.462. The number of rotatable bonds is 1. The number of para-hydroxylation sites is 1. The summed E-state index contributed by atoms with van der Waals surface area (Å²) >= 11 is 3.55. The zero-order valence-electron chi connectivity index (χ0n) is 11.6. The van der Waals surface area contributed by atoms with Gasteiger partial charge in [0.1, 0.15) is 5.75 Å². The van der Waals surface area contributed by atoms with E-state index in [1.165, 1.54) is 0 Å². The fourth-order valence-corrected chi connectivity index (χ4v) is 3.09. The summed E-state index contributed by atoms with van der Waals surface area (Å²) in [7, 11) is 0. The molecule has 0 atom stereocenters. The second-order valence-corrected chi connectivity index (χ2v) is 6.07. The number of nitrogens with zero attached hydrogens (tertiary/aromatic N) is 1. The fraction of sp³-hybridized carbons (Fsp3) is 0. The van der Waals surface area contributed by atoms with Gasteiger partial charge in [-0.05, 0) is 42.5 Å². The van der Waals surface area contributed by atoms with Crippen molar-refractivity contribution in [2.45, 2.75) is 0 Å². The van der Waals surface area contributed by atoms with Crippen molar-refractivity contribution in [3.05, 3.63) is 71.2 Å². The molecule has 4 heteroatoms. The maximum atomic E-state index is 9.77. The van der Waals surface area contributed by atoms with Crippen LogP contribution in [0.25, 0.3) is 0 Å². The van der Waals surface area contributed by atoms with Gasteiger partial charge in [0.2, 0.25) is 0 Å². The van der Waals surface area contributed by atoms with Gasteiger partial charge in [0.15, 0.2) is 0 Å². The zero-order chi connectivity index (χ0) is 15.1. The maximum Gasteiger partial charge on any atom is 0.117 e. The van der Waals surface area contributed by atoms with Crippen molar-refractivity contribution in [3.8, 4) is 5.75 Å². The third kappa shape index (κ3) is 2.12. The van der Waals surface area contributed by atoms with Gasteiger partial charge in [-0.25, -0.2) is 0 Å². The van der Waals surface area contributed by atoms with Crippen LogP contribution in [0, 0.1) is 0 Å². The molecule has 1 aliphatic heterocycles. The molecule has 2 N–H and O–H groups in total. The van der Waals surface area contributed by atoms with Crippen LogP contribution in [0.15, 0.2) is 71.2 Å². The van der Waals surface area contributed by atoms with Gasteiger partial charge in [-0.2, -0.15) is 0 Å². The largest absolute Gasteiger partial charge is 0.508 e. The molecule has 1 aliphatic rings. The molecule has 0 spiro atoms. The lowest BCUT2D eigenvalue weighted by Crippen LogP contribution is -2.17. The van der Waals surface area contributed by atoms with Crippen molar-refractivity contribution < 1.29 is 5.11 Å². The highest BCUT2D eigenvalue weighted by atomic mass is 79.9. The molecule has 4 rings (SSSR count). The molecule has 0 amide bonds. The Kier molecular flexibility index (Phi) is 3.05. The van der Waals surface area contributed by atoms with Crippen LogP contribution in [-0.4, -0.2) is 5.11 Å². The number of phenolic OH excluding ortho intramolecular Hbond substituents is 1. The molecule has 3 aromatic carbocycles. The van der Waals surface area contributed by atoms with Crippen molar-refractivity contribution in [2.24, 2.45) is 0 Å². The third-order valence-electron chi connectivity index (χ3n) is 3.71. The molecule has 3 nitrogen and oxygen atoms in total. The Morgan fingerprint density at radius 1 is 0.818 bits per heavy atom. The van der Waals surface area contributed by atoms with Crippen LogP contribution in [0.3, 0.4) is 0 Å². The number of phenols is 1. The van der Waals surface area contributed by atoms with Crippen LogP contribution >= 0.6 is 15.9 Å². The standard InChI is InChI=1S/C18H13BrN2O/c19-12-6-8-15-18(10-12)21(13-4-2-1-3-5-13)17-9-7-14(22)11-16(17)20-15/h1-11,20,22H. The SMILES string of the molecule is Oc1ccc2c(c1)Nc1ccc(Br)cc1N2c1ccccc1. The summed E-state index contributed by atoms with van der Waals surface area (Å²) in [5, 5.41) is 13.2.